The highest BCUT2D eigenvalue weighted by Crippen LogP contribution is 2.35. The van der Waals surface area contributed by atoms with Crippen LogP contribution in [0.3, 0.4) is 0 Å². The third-order valence-corrected chi connectivity index (χ3v) is 5.24. The molecule has 0 aromatic carbocycles. The van der Waals surface area contributed by atoms with Gasteiger partial charge in [-0.2, -0.15) is 0 Å². The summed E-state index contributed by atoms with van der Waals surface area (Å²) in [6.07, 6.45) is 5.50. The molecule has 3 heterocycles. The number of carbonyl (C=O) groups excluding carboxylic acids is 1. The molecule has 26 heavy (non-hydrogen) atoms. The number of carbonyl (C=O) groups is 1. The van der Waals surface area contributed by atoms with Crippen molar-refractivity contribution < 1.29 is 13.6 Å². The predicted octanol–water partition coefficient (Wildman–Crippen LogP) is 2.18. The van der Waals surface area contributed by atoms with Crippen LogP contribution in [0.15, 0.2) is 25.0 Å². The minimum Gasteiger partial charge on any atom is -0.354 e. The van der Waals surface area contributed by atoms with Crippen LogP contribution >= 0.6 is 0 Å². The summed E-state index contributed by atoms with van der Waals surface area (Å²) >= 11 is 0. The van der Waals surface area contributed by atoms with Crippen LogP contribution in [0.2, 0.25) is 0 Å². The lowest BCUT2D eigenvalue weighted by Crippen LogP contribution is -2.49. The van der Waals surface area contributed by atoms with E-state index in [1.165, 1.54) is 6.08 Å². The first-order valence-electron chi connectivity index (χ1n) is 9.00. The molecule has 0 bridgehead atoms. The molecule has 8 heteroatoms. The van der Waals surface area contributed by atoms with E-state index in [2.05, 4.69) is 21.4 Å². The lowest BCUT2D eigenvalue weighted by molar-refractivity contribution is -0.126. The smallest absolute Gasteiger partial charge is 0.248 e. The van der Waals surface area contributed by atoms with Crippen molar-refractivity contribution in [3.63, 3.8) is 0 Å². The molecule has 6 nitrogen and oxygen atoms in total. The number of rotatable bonds is 4. The van der Waals surface area contributed by atoms with Crippen LogP contribution in [-0.2, 0) is 4.79 Å². The number of halogens is 2. The quantitative estimate of drug-likeness (QED) is 0.766. The lowest BCUT2D eigenvalue weighted by atomic mass is 9.91. The van der Waals surface area contributed by atoms with Gasteiger partial charge in [0, 0.05) is 57.6 Å². The minimum atomic E-state index is -2.63. The highest BCUT2D eigenvalue weighted by Gasteiger charge is 2.37. The SMILES string of the molecule is C=CC(=O)N1CCN(c2nccnc2N2CCC(C(C)(F)F)CC2)CC1. The topological polar surface area (TPSA) is 52.6 Å². The molecule has 142 valence electrons. The van der Waals surface area contributed by atoms with Crippen LogP contribution in [0.4, 0.5) is 20.4 Å². The van der Waals surface area contributed by atoms with E-state index in [0.717, 1.165) is 18.6 Å². The van der Waals surface area contributed by atoms with Crippen LogP contribution in [0, 0.1) is 5.92 Å². The van der Waals surface area contributed by atoms with Gasteiger partial charge in [0.1, 0.15) is 0 Å². The van der Waals surface area contributed by atoms with Crippen molar-refractivity contribution in [2.45, 2.75) is 25.7 Å². The van der Waals surface area contributed by atoms with E-state index < -0.39 is 11.8 Å². The van der Waals surface area contributed by atoms with Gasteiger partial charge in [-0.1, -0.05) is 6.58 Å². The molecule has 0 radical (unpaired) electrons. The van der Waals surface area contributed by atoms with E-state index >= 15 is 0 Å². The zero-order valence-corrected chi connectivity index (χ0v) is 15.1. The van der Waals surface area contributed by atoms with Crippen molar-refractivity contribution in [1.29, 1.82) is 0 Å². The van der Waals surface area contributed by atoms with E-state index in [4.69, 9.17) is 0 Å². The Kier molecular flexibility index (Phi) is 5.38. The monoisotopic (exact) mass is 365 g/mol. The van der Waals surface area contributed by atoms with Gasteiger partial charge >= 0.3 is 0 Å². The first-order valence-corrected chi connectivity index (χ1v) is 9.00. The Labute approximate surface area is 152 Å². The van der Waals surface area contributed by atoms with Gasteiger partial charge in [-0.3, -0.25) is 4.79 Å². The van der Waals surface area contributed by atoms with Crippen molar-refractivity contribution >= 4 is 17.5 Å². The Morgan fingerprint density at radius 1 is 1.08 bits per heavy atom. The Hall–Kier alpha value is -2.25. The summed E-state index contributed by atoms with van der Waals surface area (Å²) in [6, 6.07) is 0. The Bertz CT molecular complexity index is 647. The van der Waals surface area contributed by atoms with Gasteiger partial charge in [0.15, 0.2) is 11.6 Å². The normalized spacial score (nSPS) is 19.6. The van der Waals surface area contributed by atoms with E-state index in [9.17, 15) is 13.6 Å². The summed E-state index contributed by atoms with van der Waals surface area (Å²) in [5.41, 5.74) is 0. The molecule has 0 N–H and O–H groups in total. The highest BCUT2D eigenvalue weighted by molar-refractivity contribution is 5.87. The zero-order valence-electron chi connectivity index (χ0n) is 15.1. The molecule has 0 saturated carbocycles. The maximum Gasteiger partial charge on any atom is 0.248 e. The van der Waals surface area contributed by atoms with Gasteiger partial charge in [-0.05, 0) is 25.8 Å². The number of hydrogen-bond acceptors (Lipinski definition) is 5. The molecule has 2 aliphatic rings. The molecule has 2 saturated heterocycles. The minimum absolute atomic E-state index is 0.0633. The molecule has 1 amide bonds. The predicted molar refractivity (Wildman–Crippen MR) is 96.6 cm³/mol. The summed E-state index contributed by atoms with van der Waals surface area (Å²) < 4.78 is 27.1. The average Bonchev–Trinajstić information content (AvgIpc) is 2.67. The van der Waals surface area contributed by atoms with Crippen molar-refractivity contribution in [2.75, 3.05) is 49.1 Å². The van der Waals surface area contributed by atoms with Crippen molar-refractivity contribution in [3.8, 4) is 0 Å². The Morgan fingerprint density at radius 3 is 2.04 bits per heavy atom. The van der Waals surface area contributed by atoms with E-state index in [0.29, 0.717) is 52.1 Å². The second kappa shape index (κ2) is 7.55. The van der Waals surface area contributed by atoms with Gasteiger partial charge in [-0.25, -0.2) is 18.7 Å². The van der Waals surface area contributed by atoms with E-state index in [1.807, 2.05) is 4.90 Å². The molecular weight excluding hydrogens is 340 g/mol. The fourth-order valence-corrected chi connectivity index (χ4v) is 3.64. The maximum absolute atomic E-state index is 13.5. The summed E-state index contributed by atoms with van der Waals surface area (Å²) in [7, 11) is 0. The summed E-state index contributed by atoms with van der Waals surface area (Å²) in [6.45, 7) is 8.16. The third kappa shape index (κ3) is 3.94. The third-order valence-electron chi connectivity index (χ3n) is 5.24. The van der Waals surface area contributed by atoms with Gasteiger partial charge in [0.25, 0.3) is 0 Å². The van der Waals surface area contributed by atoms with Crippen molar-refractivity contribution in [3.05, 3.63) is 25.0 Å². The number of aromatic nitrogens is 2. The van der Waals surface area contributed by atoms with Crippen molar-refractivity contribution in [2.24, 2.45) is 5.92 Å². The molecule has 0 atom stereocenters. The second-order valence-electron chi connectivity index (χ2n) is 6.94. The van der Waals surface area contributed by atoms with Crippen LogP contribution < -0.4 is 9.80 Å². The number of piperazine rings is 1. The number of amides is 1. The van der Waals surface area contributed by atoms with Crippen LogP contribution in [0.1, 0.15) is 19.8 Å². The fourth-order valence-electron chi connectivity index (χ4n) is 3.64. The van der Waals surface area contributed by atoms with Gasteiger partial charge in [0.2, 0.25) is 11.8 Å². The summed E-state index contributed by atoms with van der Waals surface area (Å²) in [4.78, 5) is 26.6. The molecule has 3 rings (SSSR count). The molecular formula is C18H25F2N5O. The Balaban J connectivity index is 1.68. The van der Waals surface area contributed by atoms with Crippen LogP contribution in [0.25, 0.3) is 0 Å². The van der Waals surface area contributed by atoms with Gasteiger partial charge < -0.3 is 14.7 Å². The Morgan fingerprint density at radius 2 is 1.58 bits per heavy atom. The molecule has 0 aliphatic carbocycles. The molecule has 0 unspecified atom stereocenters. The van der Waals surface area contributed by atoms with Gasteiger partial charge in [0.05, 0.1) is 0 Å². The van der Waals surface area contributed by atoms with E-state index in [-0.39, 0.29) is 5.91 Å². The van der Waals surface area contributed by atoms with E-state index in [1.54, 1.807) is 17.3 Å². The summed E-state index contributed by atoms with van der Waals surface area (Å²) in [5, 5.41) is 0. The van der Waals surface area contributed by atoms with Crippen LogP contribution in [-0.4, -0.2) is 66.0 Å². The molecule has 0 spiro atoms. The largest absolute Gasteiger partial charge is 0.354 e. The maximum atomic E-state index is 13.5. The number of alkyl halides is 2. The molecule has 1 aromatic heterocycles. The zero-order chi connectivity index (χ0) is 18.7. The standard InChI is InChI=1S/C18H25F2N5O/c1-3-15(26)23-10-12-25(13-11-23)17-16(21-6-7-22-17)24-8-4-14(5-9-24)18(2,19)20/h3,6-7,14H,1,4-5,8-13H2,2H3. The number of hydrogen-bond donors (Lipinski definition) is 0. The number of piperidine rings is 1. The molecule has 2 aliphatic heterocycles. The lowest BCUT2D eigenvalue weighted by Gasteiger charge is -2.39. The first kappa shape index (κ1) is 18.5. The molecule has 1 aromatic rings. The van der Waals surface area contributed by atoms with Crippen molar-refractivity contribution in [1.82, 2.24) is 14.9 Å². The second-order valence-corrected chi connectivity index (χ2v) is 6.94. The number of anilines is 2. The molecule has 2 fully saturated rings. The average molecular weight is 365 g/mol. The first-order chi connectivity index (χ1) is 12.4. The van der Waals surface area contributed by atoms with Gasteiger partial charge in [-0.15, -0.1) is 0 Å². The fraction of sp³-hybridized carbons (Fsp3) is 0.611. The highest BCUT2D eigenvalue weighted by atomic mass is 19.3. The number of nitrogens with zero attached hydrogens (tertiary/aromatic N) is 5. The van der Waals surface area contributed by atoms with Crippen LogP contribution in [0.5, 0.6) is 0 Å². The summed E-state index contributed by atoms with van der Waals surface area (Å²) in [5.74, 6) is -1.77.